The minimum atomic E-state index is -0.640. The highest BCUT2D eigenvalue weighted by Gasteiger charge is 2.26. The van der Waals surface area contributed by atoms with E-state index < -0.39 is 11.9 Å². The number of aliphatic imine (C=N–C) groups is 1. The molecule has 0 spiro atoms. The molecule has 10 heteroatoms. The summed E-state index contributed by atoms with van der Waals surface area (Å²) in [4.78, 5) is 15.3. The molecule has 1 saturated heterocycles. The summed E-state index contributed by atoms with van der Waals surface area (Å²) in [5.41, 5.74) is 17.1. The van der Waals surface area contributed by atoms with Gasteiger partial charge in [0.2, 0.25) is 0 Å². The lowest BCUT2D eigenvalue weighted by Gasteiger charge is -2.34. The number of piperazine rings is 1. The number of amidine groups is 1. The van der Waals surface area contributed by atoms with Crippen molar-refractivity contribution in [3.63, 3.8) is 0 Å². The van der Waals surface area contributed by atoms with Crippen molar-refractivity contribution in [3.8, 4) is 5.75 Å². The van der Waals surface area contributed by atoms with Gasteiger partial charge < -0.3 is 21.1 Å². The van der Waals surface area contributed by atoms with Crippen LogP contribution >= 0.6 is 0 Å². The number of halogens is 1. The zero-order chi connectivity index (χ0) is 20.5. The Hall–Kier alpha value is -2.98. The number of hydrogen-bond acceptors (Lipinski definition) is 9. The third kappa shape index (κ3) is 3.94. The first-order chi connectivity index (χ1) is 13.9. The monoisotopic (exact) mass is 400 g/mol. The molecule has 2 aliphatic rings. The fourth-order valence-corrected chi connectivity index (χ4v) is 3.46. The molecule has 1 aromatic carbocycles. The van der Waals surface area contributed by atoms with Crippen molar-refractivity contribution in [3.05, 3.63) is 41.6 Å². The van der Waals surface area contributed by atoms with Crippen molar-refractivity contribution in [2.24, 2.45) is 10.7 Å². The van der Waals surface area contributed by atoms with Crippen LogP contribution in [0.3, 0.4) is 0 Å². The molecule has 1 unspecified atom stereocenters. The maximum atomic E-state index is 14.2. The lowest BCUT2D eigenvalue weighted by atomic mass is 10.0. The van der Waals surface area contributed by atoms with Crippen LogP contribution in [0, 0.1) is 5.82 Å². The van der Waals surface area contributed by atoms with Crippen LogP contribution in [0.1, 0.15) is 31.1 Å². The van der Waals surface area contributed by atoms with Crippen molar-refractivity contribution in [1.29, 1.82) is 0 Å². The van der Waals surface area contributed by atoms with Crippen LogP contribution in [-0.4, -0.2) is 53.2 Å². The average molecular weight is 400 g/mol. The van der Waals surface area contributed by atoms with Crippen molar-refractivity contribution in [2.45, 2.75) is 26.0 Å². The highest BCUT2D eigenvalue weighted by molar-refractivity contribution is 5.88. The molecule has 2 aliphatic heterocycles. The summed E-state index contributed by atoms with van der Waals surface area (Å²) in [6.45, 7) is 6.53. The highest BCUT2D eigenvalue weighted by atomic mass is 19.1. The van der Waals surface area contributed by atoms with Gasteiger partial charge in [-0.15, -0.1) is 0 Å². The average Bonchev–Trinajstić information content (AvgIpc) is 3.17. The predicted molar refractivity (Wildman–Crippen MR) is 109 cm³/mol. The molecular weight excluding hydrogens is 375 g/mol. The minimum Gasteiger partial charge on any atom is -0.488 e. The Bertz CT molecular complexity index is 934. The first kappa shape index (κ1) is 19.3. The summed E-state index contributed by atoms with van der Waals surface area (Å²) >= 11 is 0. The van der Waals surface area contributed by atoms with Crippen LogP contribution in [0.15, 0.2) is 29.5 Å². The Morgan fingerprint density at radius 1 is 1.21 bits per heavy atom. The van der Waals surface area contributed by atoms with Crippen LogP contribution < -0.4 is 26.5 Å². The van der Waals surface area contributed by atoms with E-state index in [1.165, 1.54) is 12.4 Å². The third-order valence-corrected chi connectivity index (χ3v) is 4.91. The van der Waals surface area contributed by atoms with E-state index in [0.717, 1.165) is 24.7 Å². The molecule has 0 aliphatic carbocycles. The van der Waals surface area contributed by atoms with Gasteiger partial charge >= 0.3 is 0 Å². The van der Waals surface area contributed by atoms with E-state index in [4.69, 9.17) is 16.2 Å². The van der Waals surface area contributed by atoms with Gasteiger partial charge in [0.15, 0.2) is 11.6 Å². The molecular formula is C19H25FN8O. The largest absolute Gasteiger partial charge is 0.488 e. The van der Waals surface area contributed by atoms with Crippen LogP contribution in [0.5, 0.6) is 5.75 Å². The SMILES string of the molecule is CC(C)Oc1cc(C(N)c2cc(N3CCN4NCN=C4C3)ncn2)c(N)cc1F. The van der Waals surface area contributed by atoms with Crippen molar-refractivity contribution in [1.82, 2.24) is 20.4 Å². The number of nitrogens with one attached hydrogen (secondary N) is 1. The van der Waals surface area contributed by atoms with Crippen molar-refractivity contribution in [2.75, 3.05) is 36.9 Å². The normalized spacial score (nSPS) is 17.3. The molecule has 1 aromatic heterocycles. The fourth-order valence-electron chi connectivity index (χ4n) is 3.46. The van der Waals surface area contributed by atoms with Gasteiger partial charge in [-0.05, 0) is 19.9 Å². The van der Waals surface area contributed by atoms with Crippen LogP contribution in [0.25, 0.3) is 0 Å². The van der Waals surface area contributed by atoms with E-state index in [9.17, 15) is 4.39 Å². The molecule has 2 aromatic rings. The van der Waals surface area contributed by atoms with Gasteiger partial charge in [0.05, 0.1) is 30.9 Å². The molecule has 5 N–H and O–H groups in total. The molecule has 0 radical (unpaired) electrons. The molecule has 0 saturated carbocycles. The zero-order valence-electron chi connectivity index (χ0n) is 16.5. The molecule has 154 valence electrons. The van der Waals surface area contributed by atoms with Crippen LogP contribution in [0.4, 0.5) is 15.9 Å². The maximum Gasteiger partial charge on any atom is 0.167 e. The van der Waals surface area contributed by atoms with Crippen molar-refractivity contribution < 1.29 is 9.13 Å². The lowest BCUT2D eigenvalue weighted by Crippen LogP contribution is -2.52. The number of hydrazine groups is 1. The Morgan fingerprint density at radius 3 is 2.83 bits per heavy atom. The number of benzene rings is 1. The fraction of sp³-hybridized carbons (Fsp3) is 0.421. The topological polar surface area (TPSA) is 118 Å². The van der Waals surface area contributed by atoms with Gasteiger partial charge in [0.1, 0.15) is 24.6 Å². The Balaban J connectivity index is 1.60. The van der Waals surface area contributed by atoms with E-state index in [2.05, 4.69) is 30.3 Å². The van der Waals surface area contributed by atoms with E-state index in [1.807, 2.05) is 19.9 Å². The number of nitrogens with zero attached hydrogens (tertiary/aromatic N) is 5. The molecule has 4 rings (SSSR count). The summed E-state index contributed by atoms with van der Waals surface area (Å²) in [5, 5.41) is 2.06. The van der Waals surface area contributed by atoms with Gasteiger partial charge in [-0.3, -0.25) is 10.0 Å². The van der Waals surface area contributed by atoms with Gasteiger partial charge in [0.25, 0.3) is 0 Å². The number of hydrogen-bond donors (Lipinski definition) is 3. The quantitative estimate of drug-likeness (QED) is 0.637. The maximum absolute atomic E-state index is 14.2. The van der Waals surface area contributed by atoms with Gasteiger partial charge in [-0.1, -0.05) is 0 Å². The standard InChI is InChI=1S/C19H25FN8O/c1-11(2)29-16-5-12(14(21)6-13(16)20)19(22)15-7-17(24-9-23-15)27-3-4-28-18(8-27)25-10-26-28/h5-7,9,11,19,26H,3-4,8,10,21-22H2,1-2H3. The number of rotatable bonds is 5. The summed E-state index contributed by atoms with van der Waals surface area (Å²) in [7, 11) is 0. The van der Waals surface area contributed by atoms with E-state index in [0.29, 0.717) is 24.5 Å². The molecule has 0 amide bonds. The number of ether oxygens (including phenoxy) is 1. The number of nitrogens with two attached hydrogens (primary N) is 2. The molecule has 1 atom stereocenters. The molecule has 29 heavy (non-hydrogen) atoms. The first-order valence-corrected chi connectivity index (χ1v) is 9.54. The number of nitrogen functional groups attached to an aromatic ring is 1. The second-order valence-corrected chi connectivity index (χ2v) is 7.32. The smallest absolute Gasteiger partial charge is 0.167 e. The third-order valence-electron chi connectivity index (χ3n) is 4.91. The molecule has 0 bridgehead atoms. The van der Waals surface area contributed by atoms with Gasteiger partial charge in [-0.2, -0.15) is 0 Å². The summed E-state index contributed by atoms with van der Waals surface area (Å²) in [5.74, 6) is 1.36. The van der Waals surface area contributed by atoms with Crippen molar-refractivity contribution >= 4 is 17.3 Å². The van der Waals surface area contributed by atoms with E-state index >= 15 is 0 Å². The summed E-state index contributed by atoms with van der Waals surface area (Å²) < 4.78 is 19.7. The summed E-state index contributed by atoms with van der Waals surface area (Å²) in [6, 6.07) is 3.99. The second-order valence-electron chi connectivity index (χ2n) is 7.32. The first-order valence-electron chi connectivity index (χ1n) is 9.54. The van der Waals surface area contributed by atoms with E-state index in [-0.39, 0.29) is 17.5 Å². The Labute approximate surface area is 168 Å². The van der Waals surface area contributed by atoms with E-state index in [1.54, 1.807) is 6.07 Å². The minimum absolute atomic E-state index is 0.122. The van der Waals surface area contributed by atoms with Gasteiger partial charge in [0, 0.05) is 29.9 Å². The molecule has 9 nitrogen and oxygen atoms in total. The van der Waals surface area contributed by atoms with Crippen LogP contribution in [-0.2, 0) is 0 Å². The highest BCUT2D eigenvalue weighted by Crippen LogP contribution is 2.31. The molecule has 3 heterocycles. The zero-order valence-corrected chi connectivity index (χ0v) is 16.5. The lowest BCUT2D eigenvalue weighted by molar-refractivity contribution is 0.231. The Morgan fingerprint density at radius 2 is 2.03 bits per heavy atom. The van der Waals surface area contributed by atoms with Gasteiger partial charge in [-0.25, -0.2) is 19.8 Å². The number of aromatic nitrogens is 2. The summed E-state index contributed by atoms with van der Waals surface area (Å²) in [6.07, 6.45) is 1.31. The number of anilines is 2. The van der Waals surface area contributed by atoms with Crippen LogP contribution in [0.2, 0.25) is 0 Å². The second kappa shape index (κ2) is 7.80. The predicted octanol–water partition coefficient (Wildman–Crippen LogP) is 1.03. The Kier molecular flexibility index (Phi) is 5.20. The number of fused-ring (bicyclic) bond motifs is 1. The molecule has 1 fully saturated rings.